The SMILES string of the molecule is [2H]C(C)(C)c1ccc(-c2ccnc(-c3[c-]c(-c4cccc5c4nc(-c4cc(C(C)C)cc(C(C)C)c4O)n5-c4ccc(-c5ccccc5)c(CC(C)C)c4)cc(C(C)(C)C)c3)c2)cc1.[Pt]. The van der Waals surface area contributed by atoms with Gasteiger partial charge in [-0.05, 0) is 110 Å². The third-order valence-electron chi connectivity index (χ3n) is 12.3. The summed E-state index contributed by atoms with van der Waals surface area (Å²) >= 11 is 0. The number of imidazole rings is 1. The Hall–Kier alpha value is -5.57. The molecule has 0 saturated heterocycles. The Morgan fingerprint density at radius 1 is 0.656 bits per heavy atom. The first-order chi connectivity index (χ1) is 30.4. The minimum atomic E-state index is -0.667. The molecular formula is C59H62N3OPt-. The van der Waals surface area contributed by atoms with Crippen molar-refractivity contribution in [2.24, 2.45) is 5.92 Å². The molecule has 0 unspecified atom stereocenters. The van der Waals surface area contributed by atoms with Crippen LogP contribution < -0.4 is 0 Å². The van der Waals surface area contributed by atoms with Gasteiger partial charge >= 0.3 is 0 Å². The number of fused-ring (bicyclic) bond motifs is 1. The van der Waals surface area contributed by atoms with Gasteiger partial charge in [0.15, 0.2) is 0 Å². The fraction of sp³-hybridized carbons (Fsp3) is 0.288. The van der Waals surface area contributed by atoms with Crippen LogP contribution in [-0.4, -0.2) is 19.6 Å². The summed E-state index contributed by atoms with van der Waals surface area (Å²) in [5.41, 5.74) is 17.0. The Balaban J connectivity index is 0.00000630. The first-order valence-corrected chi connectivity index (χ1v) is 22.6. The van der Waals surface area contributed by atoms with Gasteiger partial charge in [0.1, 0.15) is 11.6 Å². The number of hydrogen-bond acceptors (Lipinski definition) is 3. The molecule has 2 heterocycles. The van der Waals surface area contributed by atoms with Gasteiger partial charge in [0.2, 0.25) is 0 Å². The molecular weight excluding hydrogens is 962 g/mol. The molecule has 64 heavy (non-hydrogen) atoms. The predicted molar refractivity (Wildman–Crippen MR) is 266 cm³/mol. The summed E-state index contributed by atoms with van der Waals surface area (Å²) in [4.78, 5) is 10.5. The molecule has 0 aliphatic rings. The number of benzene rings is 6. The minimum absolute atomic E-state index is 0. The third-order valence-corrected chi connectivity index (χ3v) is 12.3. The number of aromatic hydroxyl groups is 1. The first kappa shape index (κ1) is 45.0. The summed E-state index contributed by atoms with van der Waals surface area (Å²) in [6, 6.07) is 48.9. The summed E-state index contributed by atoms with van der Waals surface area (Å²) in [7, 11) is 0. The van der Waals surface area contributed by atoms with Crippen molar-refractivity contribution in [3.05, 3.63) is 167 Å². The van der Waals surface area contributed by atoms with Crippen molar-refractivity contribution in [1.29, 1.82) is 0 Å². The molecule has 0 aliphatic carbocycles. The summed E-state index contributed by atoms with van der Waals surface area (Å²) in [5.74, 6) is 1.12. The predicted octanol–water partition coefficient (Wildman–Crippen LogP) is 16.1. The largest absolute Gasteiger partial charge is 0.507 e. The van der Waals surface area contributed by atoms with Crippen molar-refractivity contribution in [3.8, 4) is 67.5 Å². The van der Waals surface area contributed by atoms with E-state index in [4.69, 9.17) is 11.3 Å². The zero-order chi connectivity index (χ0) is 45.7. The van der Waals surface area contributed by atoms with Crippen LogP contribution in [0.1, 0.15) is 123 Å². The maximum atomic E-state index is 12.2. The standard InChI is InChI=1S/C59H62N3O.Pt/c1-36(2)28-45-32-49(24-25-50(45)42-16-13-12-14-17-42)62-55-19-15-18-51(56(55)61-58(62)53-34-44(38(5)6)33-52(39(7)8)57(53)63)46-29-47(31-48(30-46)59(9,10)11)54-35-43(26-27-60-54)41-22-20-40(21-23-41)37(3)4;/h12-27,30-39,63H,28H2,1-11H3;/q-1;/i37D;. The number of para-hydroxylation sites is 1. The molecule has 0 bridgehead atoms. The zero-order valence-corrected chi connectivity index (χ0v) is 41.5. The van der Waals surface area contributed by atoms with Gasteiger partial charge in [-0.3, -0.25) is 9.55 Å². The van der Waals surface area contributed by atoms with Gasteiger partial charge < -0.3 is 5.11 Å². The van der Waals surface area contributed by atoms with Crippen molar-refractivity contribution in [3.63, 3.8) is 0 Å². The van der Waals surface area contributed by atoms with Crippen LogP contribution in [0.4, 0.5) is 0 Å². The molecule has 8 rings (SSSR count). The average Bonchev–Trinajstić information content (AvgIpc) is 3.65. The quantitative estimate of drug-likeness (QED) is 0.131. The van der Waals surface area contributed by atoms with Gasteiger partial charge in [0, 0.05) is 40.0 Å². The Labute approximate surface area is 397 Å². The number of pyridine rings is 1. The Morgan fingerprint density at radius 2 is 1.38 bits per heavy atom. The Bertz CT molecular complexity index is 2970. The van der Waals surface area contributed by atoms with Crippen molar-refractivity contribution in [2.45, 2.75) is 106 Å². The van der Waals surface area contributed by atoms with Gasteiger partial charge in [0.25, 0.3) is 0 Å². The van der Waals surface area contributed by atoms with Gasteiger partial charge in [-0.25, -0.2) is 4.98 Å². The molecule has 0 radical (unpaired) electrons. The van der Waals surface area contributed by atoms with Crippen molar-refractivity contribution in [1.82, 2.24) is 14.5 Å². The van der Waals surface area contributed by atoms with Crippen molar-refractivity contribution >= 4 is 11.0 Å². The Morgan fingerprint density at radius 3 is 2.03 bits per heavy atom. The molecule has 0 aliphatic heterocycles. The van der Waals surface area contributed by atoms with Crippen LogP contribution in [0, 0.1) is 12.0 Å². The molecule has 0 atom stereocenters. The minimum Gasteiger partial charge on any atom is -0.507 e. The van der Waals surface area contributed by atoms with Crippen LogP contribution in [-0.2, 0) is 32.9 Å². The summed E-state index contributed by atoms with van der Waals surface area (Å²) in [6.45, 7) is 23.8. The fourth-order valence-corrected chi connectivity index (χ4v) is 8.65. The van der Waals surface area contributed by atoms with Gasteiger partial charge in [0.05, 0.1) is 16.6 Å². The number of hydrogen-bond donors (Lipinski definition) is 1. The van der Waals surface area contributed by atoms with E-state index in [1.165, 1.54) is 22.3 Å². The summed E-state index contributed by atoms with van der Waals surface area (Å²) < 4.78 is 10.8. The Kier molecular flexibility index (Phi) is 13.3. The molecule has 0 spiro atoms. The van der Waals surface area contributed by atoms with E-state index in [-0.39, 0.29) is 44.1 Å². The number of phenols is 1. The molecule has 4 nitrogen and oxygen atoms in total. The van der Waals surface area contributed by atoms with Crippen LogP contribution in [0.5, 0.6) is 5.75 Å². The second-order valence-corrected chi connectivity index (χ2v) is 19.5. The average molecular weight is 1030 g/mol. The maximum Gasteiger partial charge on any atom is 0.148 e. The van der Waals surface area contributed by atoms with Crippen molar-refractivity contribution < 1.29 is 27.5 Å². The van der Waals surface area contributed by atoms with E-state index in [1.807, 2.05) is 38.2 Å². The van der Waals surface area contributed by atoms with E-state index in [2.05, 4.69) is 182 Å². The molecule has 5 heteroatoms. The van der Waals surface area contributed by atoms with Gasteiger partial charge in [-0.15, -0.1) is 29.3 Å². The second-order valence-electron chi connectivity index (χ2n) is 19.5. The van der Waals surface area contributed by atoms with E-state index in [0.717, 1.165) is 78.9 Å². The molecule has 330 valence electrons. The zero-order valence-electron chi connectivity index (χ0n) is 40.2. The van der Waals surface area contributed by atoms with Gasteiger partial charge in [-0.1, -0.05) is 172 Å². The maximum absolute atomic E-state index is 12.2. The topological polar surface area (TPSA) is 50.9 Å². The van der Waals surface area contributed by atoms with E-state index in [9.17, 15) is 5.11 Å². The van der Waals surface area contributed by atoms with Crippen LogP contribution in [0.3, 0.4) is 0 Å². The van der Waals surface area contributed by atoms with E-state index < -0.39 is 5.89 Å². The first-order valence-electron chi connectivity index (χ1n) is 23.1. The second kappa shape index (κ2) is 18.9. The monoisotopic (exact) mass is 1020 g/mol. The molecule has 0 fully saturated rings. The van der Waals surface area contributed by atoms with Crippen LogP contribution in [0.15, 0.2) is 134 Å². The van der Waals surface area contributed by atoms with Crippen LogP contribution in [0.2, 0.25) is 0 Å². The number of aromatic nitrogens is 3. The number of nitrogens with zero attached hydrogens (tertiary/aromatic N) is 3. The smallest absolute Gasteiger partial charge is 0.148 e. The van der Waals surface area contributed by atoms with Crippen LogP contribution >= 0.6 is 0 Å². The summed E-state index contributed by atoms with van der Waals surface area (Å²) in [5, 5.41) is 12.2. The van der Waals surface area contributed by atoms with E-state index in [1.54, 1.807) is 0 Å². The molecule has 0 saturated carbocycles. The van der Waals surface area contributed by atoms with Crippen LogP contribution in [0.25, 0.3) is 72.7 Å². The fourth-order valence-electron chi connectivity index (χ4n) is 8.65. The third kappa shape index (κ3) is 9.45. The number of rotatable bonds is 11. The summed E-state index contributed by atoms with van der Waals surface area (Å²) in [6.07, 6.45) is 2.79. The van der Waals surface area contributed by atoms with E-state index in [0.29, 0.717) is 11.7 Å². The molecule has 0 amide bonds. The van der Waals surface area contributed by atoms with E-state index >= 15 is 0 Å². The number of phenolic OH excluding ortho intramolecular Hbond substituents is 1. The normalized spacial score (nSPS) is 12.3. The van der Waals surface area contributed by atoms with Crippen molar-refractivity contribution in [2.75, 3.05) is 0 Å². The molecule has 6 aromatic carbocycles. The van der Waals surface area contributed by atoms with Gasteiger partial charge in [-0.2, -0.15) is 0 Å². The molecule has 1 N–H and O–H groups in total. The molecule has 2 aromatic heterocycles. The molecule has 8 aromatic rings.